The Morgan fingerprint density at radius 3 is 2.35 bits per heavy atom. The van der Waals surface area contributed by atoms with Gasteiger partial charge in [-0.3, -0.25) is 4.99 Å². The van der Waals surface area contributed by atoms with Crippen LogP contribution in [0, 0.1) is 5.92 Å². The zero-order chi connectivity index (χ0) is 12.2. The van der Waals surface area contributed by atoms with E-state index in [1.807, 2.05) is 0 Å². The molecule has 0 saturated heterocycles. The first-order valence-corrected chi connectivity index (χ1v) is 6.78. The number of nitrogens with zero attached hydrogens (tertiary/aromatic N) is 1. The molecule has 0 spiro atoms. The number of nitrogens with one attached hydrogen (secondary N) is 1. The van der Waals surface area contributed by atoms with Crippen LogP contribution in [0.5, 0.6) is 0 Å². The Bertz CT molecular complexity index is 184. The van der Waals surface area contributed by atoms with Crippen LogP contribution >= 0.6 is 24.0 Å². The van der Waals surface area contributed by atoms with Crippen LogP contribution < -0.4 is 11.1 Å². The van der Waals surface area contributed by atoms with Crippen LogP contribution in [0.3, 0.4) is 0 Å². The van der Waals surface area contributed by atoms with Gasteiger partial charge in [0.1, 0.15) is 0 Å². The van der Waals surface area contributed by atoms with E-state index in [4.69, 9.17) is 5.73 Å². The number of guanidine groups is 1. The number of aliphatic imine (C=N–C) groups is 1. The van der Waals surface area contributed by atoms with Crippen molar-refractivity contribution in [3.8, 4) is 0 Å². The molecule has 0 bridgehead atoms. The average molecular weight is 355 g/mol. The maximum absolute atomic E-state index is 5.79. The SMILES string of the molecule is CCCCNC(N)=NCC(CC)CCCC.I. The molecule has 0 radical (unpaired) electrons. The highest BCUT2D eigenvalue weighted by molar-refractivity contribution is 14.0. The molecule has 1 unspecified atom stereocenters. The zero-order valence-corrected chi connectivity index (χ0v) is 14.0. The monoisotopic (exact) mass is 355 g/mol. The van der Waals surface area contributed by atoms with E-state index in [0.717, 1.165) is 19.5 Å². The Kier molecular flexibility index (Phi) is 16.0. The van der Waals surface area contributed by atoms with Gasteiger partial charge in [-0.2, -0.15) is 0 Å². The fourth-order valence-corrected chi connectivity index (χ4v) is 1.59. The smallest absolute Gasteiger partial charge is 0.188 e. The minimum atomic E-state index is 0. The third-order valence-electron chi connectivity index (χ3n) is 2.90. The lowest BCUT2D eigenvalue weighted by molar-refractivity contribution is 0.462. The van der Waals surface area contributed by atoms with Crippen LogP contribution in [0.4, 0.5) is 0 Å². The summed E-state index contributed by atoms with van der Waals surface area (Å²) in [5.41, 5.74) is 5.79. The summed E-state index contributed by atoms with van der Waals surface area (Å²) >= 11 is 0. The first-order valence-electron chi connectivity index (χ1n) is 6.78. The number of unbranched alkanes of at least 4 members (excludes halogenated alkanes) is 2. The molecule has 4 heteroatoms. The van der Waals surface area contributed by atoms with Crippen molar-refractivity contribution in [1.29, 1.82) is 0 Å². The van der Waals surface area contributed by atoms with Gasteiger partial charge in [-0.25, -0.2) is 0 Å². The van der Waals surface area contributed by atoms with Crippen LogP contribution in [0.1, 0.15) is 59.3 Å². The second kappa shape index (κ2) is 14.1. The molecule has 0 aromatic carbocycles. The molecule has 0 aliphatic carbocycles. The molecule has 0 aromatic heterocycles. The standard InChI is InChI=1S/C13H29N3.HI/c1-4-7-9-12(6-3)11-16-13(14)15-10-8-5-2;/h12H,4-11H2,1-3H3,(H3,14,15,16);1H. The molecule has 0 saturated carbocycles. The quantitative estimate of drug-likeness (QED) is 0.288. The van der Waals surface area contributed by atoms with Gasteiger partial charge in [0.2, 0.25) is 0 Å². The van der Waals surface area contributed by atoms with E-state index < -0.39 is 0 Å². The van der Waals surface area contributed by atoms with Crippen molar-refractivity contribution in [2.75, 3.05) is 13.1 Å². The molecule has 0 aliphatic rings. The third kappa shape index (κ3) is 12.2. The normalized spacial score (nSPS) is 13.0. The van der Waals surface area contributed by atoms with Gasteiger partial charge in [0.15, 0.2) is 5.96 Å². The predicted molar refractivity (Wildman–Crippen MR) is 88.1 cm³/mol. The molecule has 0 amide bonds. The highest BCUT2D eigenvalue weighted by Gasteiger charge is 2.04. The van der Waals surface area contributed by atoms with Gasteiger partial charge in [-0.05, 0) is 18.8 Å². The Hall–Kier alpha value is 0. The van der Waals surface area contributed by atoms with Crippen LogP contribution in [0.15, 0.2) is 4.99 Å². The molecular weight excluding hydrogens is 325 g/mol. The third-order valence-corrected chi connectivity index (χ3v) is 2.90. The van der Waals surface area contributed by atoms with Gasteiger partial charge in [-0.1, -0.05) is 46.5 Å². The molecule has 0 rings (SSSR count). The van der Waals surface area contributed by atoms with Crippen LogP contribution in [-0.2, 0) is 0 Å². The van der Waals surface area contributed by atoms with E-state index in [1.165, 1.54) is 32.1 Å². The average Bonchev–Trinajstić information content (AvgIpc) is 2.30. The van der Waals surface area contributed by atoms with Crippen molar-refractivity contribution in [3.05, 3.63) is 0 Å². The van der Waals surface area contributed by atoms with Gasteiger partial charge in [0, 0.05) is 13.1 Å². The molecule has 17 heavy (non-hydrogen) atoms. The van der Waals surface area contributed by atoms with Gasteiger partial charge < -0.3 is 11.1 Å². The number of halogens is 1. The topological polar surface area (TPSA) is 50.4 Å². The maximum atomic E-state index is 5.79. The molecule has 0 aliphatic heterocycles. The fourth-order valence-electron chi connectivity index (χ4n) is 1.59. The second-order valence-electron chi connectivity index (χ2n) is 4.42. The summed E-state index contributed by atoms with van der Waals surface area (Å²) in [6, 6.07) is 0. The van der Waals surface area contributed by atoms with Crippen molar-refractivity contribution in [2.45, 2.75) is 59.3 Å². The van der Waals surface area contributed by atoms with Crippen molar-refractivity contribution in [2.24, 2.45) is 16.6 Å². The van der Waals surface area contributed by atoms with E-state index in [-0.39, 0.29) is 24.0 Å². The Morgan fingerprint density at radius 2 is 1.82 bits per heavy atom. The van der Waals surface area contributed by atoms with Gasteiger partial charge in [0.25, 0.3) is 0 Å². The van der Waals surface area contributed by atoms with Crippen LogP contribution in [-0.4, -0.2) is 19.0 Å². The van der Waals surface area contributed by atoms with Crippen LogP contribution in [0.2, 0.25) is 0 Å². The zero-order valence-electron chi connectivity index (χ0n) is 11.7. The molecule has 104 valence electrons. The van der Waals surface area contributed by atoms with E-state index in [1.54, 1.807) is 0 Å². The summed E-state index contributed by atoms with van der Waals surface area (Å²) in [6.07, 6.45) is 7.39. The fraction of sp³-hybridized carbons (Fsp3) is 0.923. The first kappa shape index (κ1) is 19.3. The maximum Gasteiger partial charge on any atom is 0.188 e. The Balaban J connectivity index is 0. The largest absolute Gasteiger partial charge is 0.370 e. The molecule has 3 N–H and O–H groups in total. The second-order valence-corrected chi connectivity index (χ2v) is 4.42. The lowest BCUT2D eigenvalue weighted by atomic mass is 10.00. The predicted octanol–water partition coefficient (Wildman–Crippen LogP) is 3.53. The Labute approximate surface area is 124 Å². The van der Waals surface area contributed by atoms with E-state index in [9.17, 15) is 0 Å². The van der Waals surface area contributed by atoms with Crippen molar-refractivity contribution < 1.29 is 0 Å². The first-order chi connectivity index (χ1) is 7.74. The molecule has 0 fully saturated rings. The molecule has 0 heterocycles. The van der Waals surface area contributed by atoms with Gasteiger partial charge in [-0.15, -0.1) is 24.0 Å². The summed E-state index contributed by atoms with van der Waals surface area (Å²) in [4.78, 5) is 4.40. The number of nitrogens with two attached hydrogens (primary N) is 1. The molecular formula is C13H30IN3. The summed E-state index contributed by atoms with van der Waals surface area (Å²) in [6.45, 7) is 8.46. The van der Waals surface area contributed by atoms with E-state index in [0.29, 0.717) is 11.9 Å². The van der Waals surface area contributed by atoms with Crippen LogP contribution in [0.25, 0.3) is 0 Å². The minimum Gasteiger partial charge on any atom is -0.370 e. The van der Waals surface area contributed by atoms with Crippen molar-refractivity contribution in [1.82, 2.24) is 5.32 Å². The minimum absolute atomic E-state index is 0. The highest BCUT2D eigenvalue weighted by atomic mass is 127. The van der Waals surface area contributed by atoms with Gasteiger partial charge >= 0.3 is 0 Å². The summed E-state index contributed by atoms with van der Waals surface area (Å²) in [5.74, 6) is 1.31. The van der Waals surface area contributed by atoms with E-state index in [2.05, 4.69) is 31.1 Å². The highest BCUT2D eigenvalue weighted by Crippen LogP contribution is 2.12. The van der Waals surface area contributed by atoms with E-state index >= 15 is 0 Å². The summed E-state index contributed by atoms with van der Waals surface area (Å²) in [5, 5.41) is 3.15. The molecule has 0 aromatic rings. The number of hydrogen-bond donors (Lipinski definition) is 2. The van der Waals surface area contributed by atoms with Gasteiger partial charge in [0.05, 0.1) is 0 Å². The number of hydrogen-bond acceptors (Lipinski definition) is 1. The molecule has 3 nitrogen and oxygen atoms in total. The van der Waals surface area contributed by atoms with Crippen molar-refractivity contribution >= 4 is 29.9 Å². The summed E-state index contributed by atoms with van der Waals surface area (Å²) in [7, 11) is 0. The summed E-state index contributed by atoms with van der Waals surface area (Å²) < 4.78 is 0. The Morgan fingerprint density at radius 1 is 1.18 bits per heavy atom. The van der Waals surface area contributed by atoms with Crippen molar-refractivity contribution in [3.63, 3.8) is 0 Å². The lowest BCUT2D eigenvalue weighted by Crippen LogP contribution is -2.32. The number of rotatable bonds is 9. The lowest BCUT2D eigenvalue weighted by Gasteiger charge is -2.12. The molecule has 1 atom stereocenters.